The summed E-state index contributed by atoms with van der Waals surface area (Å²) in [7, 11) is 0. The van der Waals surface area contributed by atoms with Gasteiger partial charge in [-0.25, -0.2) is 0 Å². The van der Waals surface area contributed by atoms with Crippen LogP contribution in [0.4, 0.5) is 0 Å². The maximum Gasteiger partial charge on any atom is 0.189 e. The van der Waals surface area contributed by atoms with E-state index in [4.69, 9.17) is 14.6 Å². The molecule has 0 fully saturated rings. The maximum atomic E-state index is 9.02. The van der Waals surface area contributed by atoms with Crippen LogP contribution in [0.1, 0.15) is 11.1 Å². The fourth-order valence-electron chi connectivity index (χ4n) is 1.60. The number of ether oxygens (including phenoxy) is 2. The second-order valence-corrected chi connectivity index (χ2v) is 3.90. The molecule has 0 amide bonds. The third-order valence-corrected chi connectivity index (χ3v) is 2.49. The lowest BCUT2D eigenvalue weighted by Crippen LogP contribution is -2.03. The molecule has 2 rings (SSSR count). The average molecular weight is 244 g/mol. The quantitative estimate of drug-likeness (QED) is 0.627. The molecule has 1 N–H and O–H groups in total. The third kappa shape index (κ3) is 3.87. The Kier molecular flexibility index (Phi) is 4.76. The zero-order valence-electron chi connectivity index (χ0n) is 10.1. The largest absolute Gasteiger partial charge is 0.468 e. The highest BCUT2D eigenvalue weighted by atomic mass is 16.7. The van der Waals surface area contributed by atoms with Gasteiger partial charge in [-0.15, -0.1) is 0 Å². The van der Waals surface area contributed by atoms with Crippen molar-refractivity contribution in [3.05, 3.63) is 65.7 Å². The Morgan fingerprint density at radius 2 is 1.67 bits per heavy atom. The fourth-order valence-corrected chi connectivity index (χ4v) is 1.60. The van der Waals surface area contributed by atoms with Gasteiger partial charge in [0, 0.05) is 0 Å². The summed E-state index contributed by atoms with van der Waals surface area (Å²) in [6.07, 6.45) is 0. The third-order valence-electron chi connectivity index (χ3n) is 2.49. The van der Waals surface area contributed by atoms with Crippen LogP contribution in [0.15, 0.2) is 54.6 Å². The normalized spacial score (nSPS) is 10.3. The molecule has 94 valence electrons. The summed E-state index contributed by atoms with van der Waals surface area (Å²) in [5.41, 5.74) is 1.92. The molecule has 18 heavy (non-hydrogen) atoms. The molecule has 2 aromatic rings. The summed E-state index contributed by atoms with van der Waals surface area (Å²) in [5, 5.41) is 9.02. The standard InChI is InChI=1S/C15H16O3/c16-10-13-5-4-6-14(9-13)11-17-12-18-15-7-2-1-3-8-15/h1-9,16H,10-12H2. The van der Waals surface area contributed by atoms with Crippen LogP contribution in [0.3, 0.4) is 0 Å². The molecule has 0 heterocycles. The first kappa shape index (κ1) is 12.6. The first-order valence-electron chi connectivity index (χ1n) is 5.83. The molecule has 3 nitrogen and oxygen atoms in total. The van der Waals surface area contributed by atoms with E-state index < -0.39 is 0 Å². The summed E-state index contributed by atoms with van der Waals surface area (Å²) in [6, 6.07) is 17.2. The van der Waals surface area contributed by atoms with Gasteiger partial charge in [-0.1, -0.05) is 42.5 Å². The van der Waals surface area contributed by atoms with Crippen LogP contribution in [0.5, 0.6) is 5.75 Å². The highest BCUT2D eigenvalue weighted by Crippen LogP contribution is 2.09. The van der Waals surface area contributed by atoms with Gasteiger partial charge in [0.2, 0.25) is 0 Å². The number of rotatable bonds is 6. The minimum absolute atomic E-state index is 0.0500. The second kappa shape index (κ2) is 6.79. The number of hydrogen-bond donors (Lipinski definition) is 1. The average Bonchev–Trinajstić information content (AvgIpc) is 2.45. The van der Waals surface area contributed by atoms with Crippen LogP contribution in [-0.2, 0) is 18.0 Å². The van der Waals surface area contributed by atoms with E-state index in [2.05, 4.69) is 0 Å². The number of aliphatic hydroxyl groups excluding tert-OH is 1. The molecule has 0 radical (unpaired) electrons. The van der Waals surface area contributed by atoms with Crippen molar-refractivity contribution in [1.29, 1.82) is 0 Å². The van der Waals surface area contributed by atoms with Crippen molar-refractivity contribution < 1.29 is 14.6 Å². The van der Waals surface area contributed by atoms with E-state index in [1.54, 1.807) is 0 Å². The molecule has 0 aromatic heterocycles. The van der Waals surface area contributed by atoms with E-state index >= 15 is 0 Å². The fraction of sp³-hybridized carbons (Fsp3) is 0.200. The van der Waals surface area contributed by atoms with Gasteiger partial charge in [0.05, 0.1) is 13.2 Å². The molecular weight excluding hydrogens is 228 g/mol. The molecule has 0 unspecified atom stereocenters. The first-order valence-corrected chi connectivity index (χ1v) is 5.83. The zero-order chi connectivity index (χ0) is 12.6. The highest BCUT2D eigenvalue weighted by Gasteiger charge is 1.96. The number of aliphatic hydroxyl groups is 1. The van der Waals surface area contributed by atoms with Gasteiger partial charge in [-0.2, -0.15) is 0 Å². The monoisotopic (exact) mass is 244 g/mol. The van der Waals surface area contributed by atoms with Crippen molar-refractivity contribution in [1.82, 2.24) is 0 Å². The Morgan fingerprint density at radius 1 is 0.889 bits per heavy atom. The van der Waals surface area contributed by atoms with Gasteiger partial charge >= 0.3 is 0 Å². The van der Waals surface area contributed by atoms with E-state index in [-0.39, 0.29) is 13.4 Å². The number of benzene rings is 2. The highest BCUT2D eigenvalue weighted by molar-refractivity contribution is 5.22. The summed E-state index contributed by atoms with van der Waals surface area (Å²) >= 11 is 0. The molecule has 0 bridgehead atoms. The van der Waals surface area contributed by atoms with Crippen molar-refractivity contribution >= 4 is 0 Å². The lowest BCUT2D eigenvalue weighted by molar-refractivity contribution is 0.00501. The summed E-state index contributed by atoms with van der Waals surface area (Å²) in [6.45, 7) is 0.738. The molecule has 0 saturated heterocycles. The molecule has 0 aliphatic heterocycles. The van der Waals surface area contributed by atoms with Crippen molar-refractivity contribution in [3.63, 3.8) is 0 Å². The van der Waals surface area contributed by atoms with E-state index in [1.807, 2.05) is 54.6 Å². The van der Waals surface area contributed by atoms with Gasteiger partial charge in [0.1, 0.15) is 5.75 Å². The maximum absolute atomic E-state index is 9.02. The van der Waals surface area contributed by atoms with Gasteiger partial charge in [0.15, 0.2) is 6.79 Å². The number of hydrogen-bond acceptors (Lipinski definition) is 3. The number of para-hydroxylation sites is 1. The summed E-state index contributed by atoms with van der Waals surface area (Å²) < 4.78 is 10.8. The van der Waals surface area contributed by atoms with Crippen molar-refractivity contribution in [3.8, 4) is 5.75 Å². The summed E-state index contributed by atoms with van der Waals surface area (Å²) in [5.74, 6) is 0.793. The van der Waals surface area contributed by atoms with E-state index in [1.165, 1.54) is 0 Å². The van der Waals surface area contributed by atoms with Crippen LogP contribution >= 0.6 is 0 Å². The Morgan fingerprint density at radius 3 is 2.44 bits per heavy atom. The summed E-state index contributed by atoms with van der Waals surface area (Å²) in [4.78, 5) is 0. The first-order chi connectivity index (χ1) is 8.88. The molecule has 0 spiro atoms. The SMILES string of the molecule is OCc1cccc(COCOc2ccccc2)c1. The molecule has 0 saturated carbocycles. The van der Waals surface area contributed by atoms with Crippen molar-refractivity contribution in [2.75, 3.05) is 6.79 Å². The lowest BCUT2D eigenvalue weighted by atomic mass is 10.1. The zero-order valence-corrected chi connectivity index (χ0v) is 10.1. The van der Waals surface area contributed by atoms with Crippen LogP contribution in [0, 0.1) is 0 Å². The smallest absolute Gasteiger partial charge is 0.189 e. The van der Waals surface area contributed by atoms with Gasteiger partial charge in [-0.3, -0.25) is 0 Å². The Hall–Kier alpha value is -1.84. The molecule has 2 aromatic carbocycles. The van der Waals surface area contributed by atoms with Gasteiger partial charge < -0.3 is 14.6 Å². The van der Waals surface area contributed by atoms with Crippen LogP contribution < -0.4 is 4.74 Å². The van der Waals surface area contributed by atoms with E-state index in [0.717, 1.165) is 16.9 Å². The minimum atomic E-state index is 0.0500. The molecule has 0 aliphatic rings. The van der Waals surface area contributed by atoms with E-state index in [0.29, 0.717) is 6.61 Å². The van der Waals surface area contributed by atoms with E-state index in [9.17, 15) is 0 Å². The van der Waals surface area contributed by atoms with Gasteiger partial charge in [-0.05, 0) is 23.3 Å². The van der Waals surface area contributed by atoms with Crippen LogP contribution in [0.25, 0.3) is 0 Å². The molecule has 0 aliphatic carbocycles. The van der Waals surface area contributed by atoms with Crippen molar-refractivity contribution in [2.45, 2.75) is 13.2 Å². The predicted molar refractivity (Wildman–Crippen MR) is 69.1 cm³/mol. The van der Waals surface area contributed by atoms with Crippen molar-refractivity contribution in [2.24, 2.45) is 0 Å². The van der Waals surface area contributed by atoms with Crippen LogP contribution in [0.2, 0.25) is 0 Å². The lowest BCUT2D eigenvalue weighted by Gasteiger charge is -2.07. The van der Waals surface area contributed by atoms with Crippen LogP contribution in [-0.4, -0.2) is 11.9 Å². The van der Waals surface area contributed by atoms with Gasteiger partial charge in [0.25, 0.3) is 0 Å². The Labute approximate surface area is 107 Å². The topological polar surface area (TPSA) is 38.7 Å². The molecule has 0 atom stereocenters. The molecular formula is C15H16O3. The minimum Gasteiger partial charge on any atom is -0.468 e. The Balaban J connectivity index is 1.75. The predicted octanol–water partition coefficient (Wildman–Crippen LogP) is 2.73. The second-order valence-electron chi connectivity index (χ2n) is 3.90. The Bertz CT molecular complexity index is 468. The molecule has 3 heteroatoms.